The predicted molar refractivity (Wildman–Crippen MR) is 114 cm³/mol. The molecule has 3 fully saturated rings. The summed E-state index contributed by atoms with van der Waals surface area (Å²) in [4.78, 5) is 32.5. The molecule has 31 heavy (non-hydrogen) atoms. The molecule has 0 radical (unpaired) electrons. The highest BCUT2D eigenvalue weighted by Gasteiger charge is 2.42. The minimum Gasteiger partial charge on any atom is -0.380 e. The third-order valence-corrected chi connectivity index (χ3v) is 6.68. The lowest BCUT2D eigenvalue weighted by molar-refractivity contribution is -0.124. The molecule has 4 heterocycles. The van der Waals surface area contributed by atoms with Crippen molar-refractivity contribution in [3.05, 3.63) is 23.4 Å². The van der Waals surface area contributed by atoms with Gasteiger partial charge in [0.2, 0.25) is 5.91 Å². The van der Waals surface area contributed by atoms with E-state index in [1.165, 1.54) is 0 Å². The molecule has 3 saturated heterocycles. The van der Waals surface area contributed by atoms with Crippen LogP contribution in [-0.2, 0) is 9.53 Å². The van der Waals surface area contributed by atoms with Gasteiger partial charge in [-0.1, -0.05) is 5.18 Å². The van der Waals surface area contributed by atoms with Gasteiger partial charge in [0.25, 0.3) is 0 Å². The predicted octanol–water partition coefficient (Wildman–Crippen LogP) is 0.504. The number of aromatic nitrogens is 1. The van der Waals surface area contributed by atoms with Crippen LogP contribution in [0.4, 0.5) is 15.8 Å². The van der Waals surface area contributed by atoms with Crippen LogP contribution in [0.5, 0.6) is 0 Å². The van der Waals surface area contributed by atoms with Crippen molar-refractivity contribution < 1.29 is 13.9 Å². The zero-order valence-electron chi connectivity index (χ0n) is 17.7. The van der Waals surface area contributed by atoms with Gasteiger partial charge in [-0.3, -0.25) is 20.0 Å². The summed E-state index contributed by atoms with van der Waals surface area (Å²) < 4.78 is 19.1. The van der Waals surface area contributed by atoms with Crippen LogP contribution in [0.2, 0.25) is 0 Å². The van der Waals surface area contributed by atoms with E-state index in [0.717, 1.165) is 44.8 Å². The van der Waals surface area contributed by atoms with Crippen molar-refractivity contribution >= 4 is 17.3 Å². The Bertz CT molecular complexity index is 799. The van der Waals surface area contributed by atoms with Crippen molar-refractivity contribution in [3.63, 3.8) is 0 Å². The molecular formula is C20H30FN7O3. The van der Waals surface area contributed by atoms with Gasteiger partial charge in [-0.05, 0) is 26.0 Å². The highest BCUT2D eigenvalue weighted by atomic mass is 19.1. The van der Waals surface area contributed by atoms with E-state index in [-0.39, 0.29) is 13.1 Å². The molecule has 1 amide bonds. The van der Waals surface area contributed by atoms with E-state index in [1.54, 1.807) is 24.3 Å². The Balaban J connectivity index is 1.49. The SMILES string of the molecule is CN1CC(F)CNC1C(C(=O)Nc1cnccc1N1CCC2(CC1)COC2)C(N)N=O. The number of alkyl halides is 1. The first-order valence-electron chi connectivity index (χ1n) is 10.7. The molecule has 1 aromatic heterocycles. The number of rotatable bonds is 6. The second kappa shape index (κ2) is 9.11. The van der Waals surface area contributed by atoms with Crippen LogP contribution in [0.15, 0.2) is 23.6 Å². The van der Waals surface area contributed by atoms with Crippen molar-refractivity contribution in [2.75, 3.05) is 56.7 Å². The van der Waals surface area contributed by atoms with Gasteiger partial charge in [0.15, 0.2) is 6.17 Å². The van der Waals surface area contributed by atoms with Gasteiger partial charge >= 0.3 is 0 Å². The summed E-state index contributed by atoms with van der Waals surface area (Å²) >= 11 is 0. The summed E-state index contributed by atoms with van der Waals surface area (Å²) in [5.74, 6) is -1.44. The molecule has 0 saturated carbocycles. The average molecular weight is 436 g/mol. The Labute approximate surface area is 180 Å². The molecular weight excluding hydrogens is 405 g/mol. The first kappa shape index (κ1) is 22.0. The monoisotopic (exact) mass is 435 g/mol. The third-order valence-electron chi connectivity index (χ3n) is 6.68. The standard InChI is InChI=1S/C20H30FN7O3/c1-27-10-13(21)8-24-18(27)16(17(22)26-30)19(29)25-14-9-23-5-2-15(14)28-6-3-20(4-7-28)11-31-12-20/h2,5,9,13,16-18,24H,3-4,6-8,10-12,22H2,1H3,(H,25,29). The van der Waals surface area contributed by atoms with Gasteiger partial charge in [0.1, 0.15) is 12.1 Å². The number of anilines is 2. The fourth-order valence-electron chi connectivity index (χ4n) is 4.72. The van der Waals surface area contributed by atoms with Crippen molar-refractivity contribution in [2.24, 2.45) is 22.2 Å². The number of nitroso groups, excluding NO2 is 1. The average Bonchev–Trinajstić information content (AvgIpc) is 2.74. The summed E-state index contributed by atoms with van der Waals surface area (Å²) in [7, 11) is 1.68. The number of nitrogens with two attached hydrogens (primary N) is 1. The second-order valence-corrected chi connectivity index (χ2v) is 8.87. The zero-order chi connectivity index (χ0) is 22.0. The van der Waals surface area contributed by atoms with E-state index in [1.807, 2.05) is 6.07 Å². The summed E-state index contributed by atoms with van der Waals surface area (Å²) in [5.41, 5.74) is 7.62. The molecule has 11 heteroatoms. The van der Waals surface area contributed by atoms with Crippen molar-refractivity contribution in [2.45, 2.75) is 31.3 Å². The summed E-state index contributed by atoms with van der Waals surface area (Å²) in [6.07, 6.45) is 2.42. The Morgan fingerprint density at radius 1 is 1.45 bits per heavy atom. The maximum atomic E-state index is 13.7. The summed E-state index contributed by atoms with van der Waals surface area (Å²) in [6, 6.07) is 1.87. The Hall–Kier alpha value is -2.21. The third kappa shape index (κ3) is 4.54. The number of hydrogen-bond donors (Lipinski definition) is 3. The summed E-state index contributed by atoms with van der Waals surface area (Å²) in [6.45, 7) is 3.59. The van der Waals surface area contributed by atoms with E-state index >= 15 is 0 Å². The fourth-order valence-corrected chi connectivity index (χ4v) is 4.72. The first-order chi connectivity index (χ1) is 14.9. The lowest BCUT2D eigenvalue weighted by atomic mass is 9.77. The number of hydrogen-bond acceptors (Lipinski definition) is 9. The molecule has 1 aromatic rings. The quantitative estimate of drug-likeness (QED) is 0.552. The van der Waals surface area contributed by atoms with Crippen molar-refractivity contribution in [3.8, 4) is 0 Å². The Morgan fingerprint density at radius 2 is 2.19 bits per heavy atom. The zero-order valence-corrected chi connectivity index (χ0v) is 17.7. The second-order valence-electron chi connectivity index (χ2n) is 8.87. The van der Waals surface area contributed by atoms with E-state index < -0.39 is 30.3 Å². The van der Waals surface area contributed by atoms with E-state index in [0.29, 0.717) is 11.1 Å². The molecule has 3 aliphatic heterocycles. The molecule has 4 unspecified atom stereocenters. The molecule has 10 nitrogen and oxygen atoms in total. The molecule has 4 N–H and O–H groups in total. The molecule has 0 aromatic carbocycles. The summed E-state index contributed by atoms with van der Waals surface area (Å²) in [5, 5.41) is 8.76. The molecule has 4 rings (SSSR count). The number of halogens is 1. The first-order valence-corrected chi connectivity index (χ1v) is 10.7. The van der Waals surface area contributed by atoms with Gasteiger partial charge in [-0.25, -0.2) is 4.39 Å². The number of piperidine rings is 1. The van der Waals surface area contributed by atoms with Crippen LogP contribution in [-0.4, -0.2) is 80.7 Å². The number of carbonyl (C=O) groups is 1. The van der Waals surface area contributed by atoms with Gasteiger partial charge in [0, 0.05) is 37.8 Å². The normalized spacial score (nSPS) is 27.9. The number of ether oxygens (including phenoxy) is 1. The van der Waals surface area contributed by atoms with Gasteiger partial charge in [0.05, 0.1) is 37.0 Å². The topological polar surface area (TPSA) is 125 Å². The van der Waals surface area contributed by atoms with Crippen molar-refractivity contribution in [1.29, 1.82) is 0 Å². The molecule has 3 aliphatic rings. The largest absolute Gasteiger partial charge is 0.380 e. The fraction of sp³-hybridized carbons (Fsp3) is 0.700. The molecule has 170 valence electrons. The van der Waals surface area contributed by atoms with Crippen LogP contribution in [0.25, 0.3) is 0 Å². The highest BCUT2D eigenvalue weighted by Crippen LogP contribution is 2.40. The van der Waals surface area contributed by atoms with Gasteiger partial charge < -0.3 is 20.7 Å². The Kier molecular flexibility index (Phi) is 6.47. The molecule has 4 atom stereocenters. The minimum absolute atomic E-state index is 0.0851. The number of carbonyl (C=O) groups excluding carboxylic acids is 1. The van der Waals surface area contributed by atoms with Crippen LogP contribution in [0.3, 0.4) is 0 Å². The molecule has 0 bridgehead atoms. The number of pyridine rings is 1. The van der Waals surface area contributed by atoms with E-state index in [4.69, 9.17) is 10.5 Å². The minimum atomic E-state index is -1.27. The van der Waals surface area contributed by atoms with Crippen LogP contribution in [0, 0.1) is 16.2 Å². The van der Waals surface area contributed by atoms with E-state index in [9.17, 15) is 14.1 Å². The van der Waals surface area contributed by atoms with E-state index in [2.05, 4.69) is 25.7 Å². The number of amides is 1. The van der Waals surface area contributed by atoms with Gasteiger partial charge in [-0.2, -0.15) is 0 Å². The smallest absolute Gasteiger partial charge is 0.234 e. The maximum Gasteiger partial charge on any atom is 0.234 e. The van der Waals surface area contributed by atoms with Crippen molar-refractivity contribution in [1.82, 2.24) is 15.2 Å². The van der Waals surface area contributed by atoms with Crippen LogP contribution < -0.4 is 21.3 Å². The highest BCUT2D eigenvalue weighted by molar-refractivity contribution is 5.96. The van der Waals surface area contributed by atoms with Gasteiger partial charge in [-0.15, -0.1) is 4.91 Å². The number of nitrogens with one attached hydrogen (secondary N) is 2. The number of nitrogens with zero attached hydrogens (tertiary/aromatic N) is 4. The lowest BCUT2D eigenvalue weighted by Crippen LogP contribution is -2.62. The van der Waals surface area contributed by atoms with Crippen LogP contribution in [0.1, 0.15) is 12.8 Å². The molecule has 1 spiro atoms. The lowest BCUT2D eigenvalue weighted by Gasteiger charge is -2.48. The maximum absolute atomic E-state index is 13.7. The van der Waals surface area contributed by atoms with Crippen LogP contribution >= 0.6 is 0 Å². The Morgan fingerprint density at radius 3 is 2.81 bits per heavy atom. The molecule has 0 aliphatic carbocycles.